The average Bonchev–Trinajstić information content (AvgIpc) is 2.67. The number of carbonyl (C=O) groups is 2. The normalized spacial score (nSPS) is 14.9. The molecule has 4 nitrogen and oxygen atoms in total. The van der Waals surface area contributed by atoms with Crippen LogP contribution in [0.2, 0.25) is 0 Å². The van der Waals surface area contributed by atoms with Gasteiger partial charge in [-0.05, 0) is 48.2 Å². The molecule has 0 aromatic heterocycles. The van der Waals surface area contributed by atoms with Gasteiger partial charge in [0.15, 0.2) is 0 Å². The first-order valence-electron chi connectivity index (χ1n) is 8.33. The van der Waals surface area contributed by atoms with E-state index >= 15 is 0 Å². The van der Waals surface area contributed by atoms with Gasteiger partial charge in [0.1, 0.15) is 0 Å². The van der Waals surface area contributed by atoms with E-state index in [4.69, 9.17) is 0 Å². The minimum absolute atomic E-state index is 0.0392. The molecule has 0 atom stereocenters. The monoisotopic (exact) mass is 394 g/mol. The first kappa shape index (κ1) is 19.3. The summed E-state index contributed by atoms with van der Waals surface area (Å²) in [6.45, 7) is 1.61. The molecule has 3 rings (SSSR count). The van der Waals surface area contributed by atoms with Crippen LogP contribution in [0.5, 0.6) is 0 Å². The predicted molar refractivity (Wildman–Crippen MR) is 96.6 cm³/mol. The summed E-state index contributed by atoms with van der Waals surface area (Å²) in [7, 11) is 0. The zero-order chi connectivity index (χ0) is 19.4. The van der Waals surface area contributed by atoms with Crippen molar-refractivity contribution in [2.45, 2.75) is 10.4 Å². The molecule has 1 fully saturated rings. The Kier molecular flexibility index (Phi) is 5.74. The molecule has 0 aliphatic carbocycles. The highest BCUT2D eigenvalue weighted by Crippen LogP contribution is 2.36. The van der Waals surface area contributed by atoms with Crippen molar-refractivity contribution in [3.05, 3.63) is 65.7 Å². The van der Waals surface area contributed by atoms with Gasteiger partial charge in [-0.25, -0.2) is 0 Å². The summed E-state index contributed by atoms with van der Waals surface area (Å²) in [6.07, 6.45) is 0. The van der Waals surface area contributed by atoms with Gasteiger partial charge in [0.05, 0.1) is 0 Å². The minimum Gasteiger partial charge on any atom is -0.335 e. The molecule has 0 unspecified atom stereocenters. The second-order valence-electron chi connectivity index (χ2n) is 6.02. The van der Waals surface area contributed by atoms with E-state index < -0.39 is 5.51 Å². The maximum absolute atomic E-state index is 12.5. The van der Waals surface area contributed by atoms with E-state index in [0.717, 1.165) is 0 Å². The van der Waals surface area contributed by atoms with Crippen LogP contribution in [0.15, 0.2) is 59.5 Å². The van der Waals surface area contributed by atoms with Gasteiger partial charge in [0, 0.05) is 42.2 Å². The number of carbonyl (C=O) groups excluding carboxylic acids is 2. The van der Waals surface area contributed by atoms with Crippen molar-refractivity contribution >= 4 is 23.6 Å². The molecule has 1 heterocycles. The van der Waals surface area contributed by atoms with Crippen LogP contribution >= 0.6 is 11.8 Å². The van der Waals surface area contributed by atoms with Crippen molar-refractivity contribution in [3.8, 4) is 0 Å². The molecule has 1 aliphatic rings. The number of halogens is 3. The Bertz CT molecular complexity index is 802. The van der Waals surface area contributed by atoms with E-state index in [2.05, 4.69) is 0 Å². The van der Waals surface area contributed by atoms with Crippen molar-refractivity contribution in [2.24, 2.45) is 0 Å². The number of rotatable bonds is 3. The number of nitrogens with zero attached hydrogens (tertiary/aromatic N) is 2. The van der Waals surface area contributed by atoms with Crippen LogP contribution in [0.25, 0.3) is 0 Å². The maximum atomic E-state index is 12.5. The lowest BCUT2D eigenvalue weighted by atomic mass is 10.1. The summed E-state index contributed by atoms with van der Waals surface area (Å²) in [5.74, 6) is -0.318. The average molecular weight is 394 g/mol. The van der Waals surface area contributed by atoms with E-state index in [9.17, 15) is 22.8 Å². The minimum atomic E-state index is -4.35. The molecule has 0 spiro atoms. The highest BCUT2D eigenvalue weighted by Gasteiger charge is 2.29. The topological polar surface area (TPSA) is 40.6 Å². The van der Waals surface area contributed by atoms with Gasteiger partial charge in [-0.1, -0.05) is 18.2 Å². The Morgan fingerprint density at radius 2 is 1.19 bits per heavy atom. The van der Waals surface area contributed by atoms with Gasteiger partial charge < -0.3 is 9.80 Å². The highest BCUT2D eigenvalue weighted by atomic mass is 32.2. The summed E-state index contributed by atoms with van der Waals surface area (Å²) < 4.78 is 37.1. The largest absolute Gasteiger partial charge is 0.446 e. The third-order valence-electron chi connectivity index (χ3n) is 4.21. The van der Waals surface area contributed by atoms with Crippen LogP contribution in [0, 0.1) is 0 Å². The van der Waals surface area contributed by atoms with Crippen LogP contribution in [0.4, 0.5) is 13.2 Å². The van der Waals surface area contributed by atoms with Gasteiger partial charge in [0.25, 0.3) is 11.8 Å². The third-order valence-corrected chi connectivity index (χ3v) is 4.95. The van der Waals surface area contributed by atoms with Crippen molar-refractivity contribution < 1.29 is 22.8 Å². The van der Waals surface area contributed by atoms with Crippen molar-refractivity contribution in [3.63, 3.8) is 0 Å². The number of benzene rings is 2. The van der Waals surface area contributed by atoms with Crippen LogP contribution in [-0.4, -0.2) is 53.3 Å². The highest BCUT2D eigenvalue weighted by molar-refractivity contribution is 8.00. The zero-order valence-corrected chi connectivity index (χ0v) is 15.1. The summed E-state index contributed by atoms with van der Waals surface area (Å²) in [5.41, 5.74) is -3.41. The maximum Gasteiger partial charge on any atom is 0.446 e. The Labute approximate surface area is 158 Å². The van der Waals surface area contributed by atoms with Crippen molar-refractivity contribution in [1.82, 2.24) is 9.80 Å². The van der Waals surface area contributed by atoms with Crippen LogP contribution in [0.3, 0.4) is 0 Å². The SMILES string of the molecule is O=C(c1ccccc1)N1CCN(C(=O)c2ccc(SC(F)(F)F)cc2)CC1. The molecular formula is C19H17F3N2O2S. The van der Waals surface area contributed by atoms with Crippen LogP contribution in [0.1, 0.15) is 20.7 Å². The molecule has 0 bridgehead atoms. The molecule has 0 saturated carbocycles. The number of alkyl halides is 3. The first-order chi connectivity index (χ1) is 12.8. The number of hydrogen-bond acceptors (Lipinski definition) is 3. The quantitative estimate of drug-likeness (QED) is 0.742. The lowest BCUT2D eigenvalue weighted by Crippen LogP contribution is -2.50. The van der Waals surface area contributed by atoms with Crippen molar-refractivity contribution in [2.75, 3.05) is 26.2 Å². The molecule has 1 saturated heterocycles. The second-order valence-corrected chi connectivity index (χ2v) is 7.16. The van der Waals surface area contributed by atoms with Crippen LogP contribution in [-0.2, 0) is 0 Å². The molecule has 2 aromatic carbocycles. The number of hydrogen-bond donors (Lipinski definition) is 0. The first-order valence-corrected chi connectivity index (χ1v) is 9.14. The van der Waals surface area contributed by atoms with E-state index in [0.29, 0.717) is 37.3 Å². The van der Waals surface area contributed by atoms with Gasteiger partial charge in [-0.3, -0.25) is 9.59 Å². The predicted octanol–water partition coefficient (Wildman–Crippen LogP) is 3.90. The molecular weight excluding hydrogens is 377 g/mol. The van der Waals surface area contributed by atoms with E-state index in [1.54, 1.807) is 34.1 Å². The summed E-state index contributed by atoms with van der Waals surface area (Å²) in [5, 5.41) is 0. The molecule has 2 amide bonds. The summed E-state index contributed by atoms with van der Waals surface area (Å²) in [6, 6.07) is 14.3. The lowest BCUT2D eigenvalue weighted by molar-refractivity contribution is -0.0328. The standard InChI is InChI=1S/C19H17F3N2O2S/c20-19(21,22)27-16-8-6-15(7-9-16)18(26)24-12-10-23(11-13-24)17(25)14-4-2-1-3-5-14/h1-9H,10-13H2. The Morgan fingerprint density at radius 3 is 1.63 bits per heavy atom. The number of amides is 2. The molecule has 0 radical (unpaired) electrons. The smallest absolute Gasteiger partial charge is 0.335 e. The Balaban J connectivity index is 1.57. The van der Waals surface area contributed by atoms with Gasteiger partial charge in [-0.2, -0.15) is 13.2 Å². The lowest BCUT2D eigenvalue weighted by Gasteiger charge is -2.35. The third kappa shape index (κ3) is 5.03. The van der Waals surface area contributed by atoms with Gasteiger partial charge in [-0.15, -0.1) is 0 Å². The van der Waals surface area contributed by atoms with E-state index in [1.165, 1.54) is 24.3 Å². The Morgan fingerprint density at radius 1 is 0.741 bits per heavy atom. The molecule has 142 valence electrons. The van der Waals surface area contributed by atoms with Gasteiger partial charge in [0.2, 0.25) is 0 Å². The zero-order valence-electron chi connectivity index (χ0n) is 14.3. The Hall–Kier alpha value is -2.48. The second kappa shape index (κ2) is 8.04. The summed E-state index contributed by atoms with van der Waals surface area (Å²) in [4.78, 5) is 28.3. The molecule has 0 N–H and O–H groups in total. The summed E-state index contributed by atoms with van der Waals surface area (Å²) >= 11 is -0.211. The van der Waals surface area contributed by atoms with Crippen LogP contribution < -0.4 is 0 Å². The van der Waals surface area contributed by atoms with E-state index in [-0.39, 0.29) is 28.5 Å². The molecule has 27 heavy (non-hydrogen) atoms. The van der Waals surface area contributed by atoms with Crippen molar-refractivity contribution in [1.29, 1.82) is 0 Å². The molecule has 1 aliphatic heterocycles. The van der Waals surface area contributed by atoms with Gasteiger partial charge >= 0.3 is 5.51 Å². The molecule has 8 heteroatoms. The van der Waals surface area contributed by atoms with E-state index in [1.807, 2.05) is 6.07 Å². The number of piperazine rings is 1. The molecule has 2 aromatic rings. The fourth-order valence-corrected chi connectivity index (χ4v) is 3.40. The fourth-order valence-electron chi connectivity index (χ4n) is 2.86. The number of thioether (sulfide) groups is 1. The fraction of sp³-hybridized carbons (Fsp3) is 0.263.